The molecular weight excluding hydrogens is 378 g/mol. The second-order valence-corrected chi connectivity index (χ2v) is 12.6. The number of nitrogens with zero attached hydrogens (tertiary/aromatic N) is 1. The summed E-state index contributed by atoms with van der Waals surface area (Å²) in [5, 5.41) is 4.17. The first-order valence-corrected chi connectivity index (χ1v) is 12.5. The average Bonchev–Trinajstić information content (AvgIpc) is 3.29. The largest absolute Gasteiger partial charge is 0.408 e. The van der Waals surface area contributed by atoms with Crippen LogP contribution in [-0.4, -0.2) is 32.1 Å². The molecule has 142 valence electrons. The predicted molar refractivity (Wildman–Crippen MR) is 106 cm³/mol. The molecule has 25 heavy (non-hydrogen) atoms. The van der Waals surface area contributed by atoms with E-state index in [1.54, 1.807) is 0 Å². The highest BCUT2D eigenvalue weighted by Crippen LogP contribution is 2.40. The van der Waals surface area contributed by atoms with Crippen LogP contribution in [0.4, 0.5) is 4.39 Å². The normalized spacial score (nSPS) is 17.6. The summed E-state index contributed by atoms with van der Waals surface area (Å²) >= 11 is 12.9. The monoisotopic (exact) mass is 406 g/mol. The van der Waals surface area contributed by atoms with Crippen LogP contribution >= 0.6 is 23.2 Å². The Balaban J connectivity index is 2.24. The van der Waals surface area contributed by atoms with Crippen LogP contribution in [-0.2, 0) is 4.43 Å². The fourth-order valence-corrected chi connectivity index (χ4v) is 6.72. The van der Waals surface area contributed by atoms with E-state index in [0.717, 1.165) is 29.4 Å². The highest BCUT2D eigenvalue weighted by Gasteiger charge is 2.43. The predicted octanol–water partition coefficient (Wildman–Crippen LogP) is 5.85. The Hall–Kier alpha value is -0.203. The zero-order valence-electron chi connectivity index (χ0n) is 15.6. The van der Waals surface area contributed by atoms with Gasteiger partial charge in [-0.25, -0.2) is 9.37 Å². The number of rotatable bonds is 10. The molecule has 1 fully saturated rings. The molecule has 1 saturated carbocycles. The molecule has 0 amide bonds. The number of alkyl halides is 1. The first-order valence-electron chi connectivity index (χ1n) is 9.18. The lowest BCUT2D eigenvalue weighted by atomic mass is 10.1. The van der Waals surface area contributed by atoms with Gasteiger partial charge >= 0.3 is 0 Å². The molecule has 7 heteroatoms. The fraction of sp³-hybridized carbons (Fsp3) is 0.722. The number of pyridine rings is 1. The lowest BCUT2D eigenvalue weighted by molar-refractivity contribution is 0.179. The second kappa shape index (κ2) is 8.66. The summed E-state index contributed by atoms with van der Waals surface area (Å²) in [6.07, 6.45) is 0.967. The standard InChI is InChI=1S/C18H29Cl2FN2OSi/c1-5-25(6-2,7-3)24-15(11-22-12-18(21)8-9-18)16-14(19)10-13(4)23-17(16)20/h10,15,22H,5-9,11-12H2,1-4H3. The lowest BCUT2D eigenvalue weighted by Crippen LogP contribution is -2.41. The molecule has 1 heterocycles. The maximum absolute atomic E-state index is 13.9. The molecule has 0 aromatic carbocycles. The van der Waals surface area contributed by atoms with E-state index in [1.165, 1.54) is 0 Å². The number of aromatic nitrogens is 1. The Morgan fingerprint density at radius 2 is 1.88 bits per heavy atom. The van der Waals surface area contributed by atoms with Gasteiger partial charge in [-0.05, 0) is 44.0 Å². The van der Waals surface area contributed by atoms with Crippen molar-refractivity contribution in [3.8, 4) is 0 Å². The van der Waals surface area contributed by atoms with E-state index in [9.17, 15) is 4.39 Å². The van der Waals surface area contributed by atoms with Crippen LogP contribution in [0.15, 0.2) is 6.07 Å². The third kappa shape index (κ3) is 5.39. The minimum atomic E-state index is -1.88. The van der Waals surface area contributed by atoms with E-state index in [0.29, 0.717) is 36.1 Å². The number of aryl methyl sites for hydroxylation is 1. The van der Waals surface area contributed by atoms with Crippen molar-refractivity contribution >= 4 is 31.5 Å². The number of hydrogen-bond donors (Lipinski definition) is 1. The van der Waals surface area contributed by atoms with Gasteiger partial charge < -0.3 is 9.74 Å². The van der Waals surface area contributed by atoms with Crippen LogP contribution in [0.25, 0.3) is 0 Å². The zero-order valence-corrected chi connectivity index (χ0v) is 18.1. The minimum Gasteiger partial charge on any atom is -0.408 e. The van der Waals surface area contributed by atoms with Crippen LogP contribution in [0, 0.1) is 6.92 Å². The topological polar surface area (TPSA) is 34.1 Å². The molecule has 3 nitrogen and oxygen atoms in total. The van der Waals surface area contributed by atoms with Crippen molar-refractivity contribution in [1.82, 2.24) is 10.3 Å². The average molecular weight is 407 g/mol. The van der Waals surface area contributed by atoms with E-state index in [2.05, 4.69) is 31.1 Å². The Bertz CT molecular complexity index is 563. The van der Waals surface area contributed by atoms with Crippen molar-refractivity contribution in [2.75, 3.05) is 13.1 Å². The molecule has 0 spiro atoms. The summed E-state index contributed by atoms with van der Waals surface area (Å²) in [7, 11) is -1.88. The van der Waals surface area contributed by atoms with E-state index in [-0.39, 0.29) is 6.10 Å². The molecule has 0 radical (unpaired) electrons. The van der Waals surface area contributed by atoms with Crippen LogP contribution in [0.1, 0.15) is 51.0 Å². The maximum atomic E-state index is 13.9. The van der Waals surface area contributed by atoms with Crippen molar-refractivity contribution in [3.05, 3.63) is 27.5 Å². The van der Waals surface area contributed by atoms with Crippen LogP contribution in [0.5, 0.6) is 0 Å². The quantitative estimate of drug-likeness (QED) is 0.390. The number of hydrogen-bond acceptors (Lipinski definition) is 3. The third-order valence-corrected chi connectivity index (χ3v) is 10.6. The maximum Gasteiger partial charge on any atom is 0.192 e. The minimum absolute atomic E-state index is 0.304. The van der Waals surface area contributed by atoms with E-state index < -0.39 is 14.0 Å². The summed E-state index contributed by atoms with van der Waals surface area (Å²) < 4.78 is 20.6. The first-order chi connectivity index (χ1) is 11.8. The molecule has 1 aromatic rings. The Kier molecular flexibility index (Phi) is 7.31. The first kappa shape index (κ1) is 21.1. The van der Waals surface area contributed by atoms with Gasteiger partial charge in [-0.1, -0.05) is 44.0 Å². The zero-order chi connectivity index (χ0) is 18.7. The molecule has 1 atom stereocenters. The molecule has 1 aliphatic carbocycles. The lowest BCUT2D eigenvalue weighted by Gasteiger charge is -2.34. The summed E-state index contributed by atoms with van der Waals surface area (Å²) in [6, 6.07) is 4.89. The van der Waals surface area contributed by atoms with Gasteiger partial charge in [-0.3, -0.25) is 0 Å². The van der Waals surface area contributed by atoms with Crippen molar-refractivity contribution in [3.63, 3.8) is 0 Å². The molecule has 0 aliphatic heterocycles. The Morgan fingerprint density at radius 3 is 2.36 bits per heavy atom. The van der Waals surface area contributed by atoms with Gasteiger partial charge in [0.25, 0.3) is 0 Å². The second-order valence-electron chi connectivity index (χ2n) is 7.08. The van der Waals surface area contributed by atoms with Gasteiger partial charge in [-0.15, -0.1) is 0 Å². The summed E-state index contributed by atoms with van der Waals surface area (Å²) in [5.74, 6) is 0. The smallest absolute Gasteiger partial charge is 0.192 e. The van der Waals surface area contributed by atoms with Crippen LogP contribution in [0.3, 0.4) is 0 Å². The van der Waals surface area contributed by atoms with E-state index in [4.69, 9.17) is 27.6 Å². The van der Waals surface area contributed by atoms with Gasteiger partial charge in [0.1, 0.15) is 10.8 Å². The molecule has 0 bridgehead atoms. The molecule has 1 N–H and O–H groups in total. The molecular formula is C18H29Cl2FN2OSi. The molecule has 1 aromatic heterocycles. The Labute approximate surface area is 161 Å². The highest BCUT2D eigenvalue weighted by atomic mass is 35.5. The number of nitrogens with one attached hydrogen (secondary N) is 1. The highest BCUT2D eigenvalue weighted by molar-refractivity contribution is 6.73. The molecule has 2 rings (SSSR count). The number of halogens is 3. The third-order valence-electron chi connectivity index (χ3n) is 5.30. The molecule has 1 aliphatic rings. The SMILES string of the molecule is CC[Si](CC)(CC)OC(CNCC1(F)CC1)c1c(Cl)cc(C)nc1Cl. The van der Waals surface area contributed by atoms with Crippen molar-refractivity contribution < 1.29 is 8.82 Å². The van der Waals surface area contributed by atoms with Gasteiger partial charge in [0.2, 0.25) is 0 Å². The van der Waals surface area contributed by atoms with Gasteiger partial charge in [0.15, 0.2) is 8.32 Å². The van der Waals surface area contributed by atoms with Crippen molar-refractivity contribution in [2.24, 2.45) is 0 Å². The van der Waals surface area contributed by atoms with Gasteiger partial charge in [-0.2, -0.15) is 0 Å². The van der Waals surface area contributed by atoms with Crippen LogP contribution < -0.4 is 5.32 Å². The van der Waals surface area contributed by atoms with Crippen molar-refractivity contribution in [1.29, 1.82) is 0 Å². The summed E-state index contributed by atoms with van der Waals surface area (Å²) in [6.45, 7) is 9.24. The summed E-state index contributed by atoms with van der Waals surface area (Å²) in [4.78, 5) is 4.35. The van der Waals surface area contributed by atoms with Crippen LogP contribution in [0.2, 0.25) is 28.3 Å². The molecule has 0 saturated heterocycles. The van der Waals surface area contributed by atoms with E-state index in [1.807, 2.05) is 13.0 Å². The van der Waals surface area contributed by atoms with Gasteiger partial charge in [0.05, 0.1) is 11.1 Å². The van der Waals surface area contributed by atoms with Crippen molar-refractivity contribution in [2.45, 2.75) is 70.4 Å². The summed E-state index contributed by atoms with van der Waals surface area (Å²) in [5.41, 5.74) is 0.451. The fourth-order valence-electron chi connectivity index (χ4n) is 3.14. The Morgan fingerprint density at radius 1 is 1.28 bits per heavy atom. The molecule has 1 unspecified atom stereocenters. The van der Waals surface area contributed by atoms with Gasteiger partial charge in [0, 0.05) is 24.3 Å². The van der Waals surface area contributed by atoms with E-state index >= 15 is 0 Å².